The Bertz CT molecular complexity index is 1100. The normalized spacial score (nSPS) is 16.3. The summed E-state index contributed by atoms with van der Waals surface area (Å²) in [5, 5.41) is 4.40. The molecule has 0 atom stereocenters. The summed E-state index contributed by atoms with van der Waals surface area (Å²) in [5.74, 6) is 1.09. The number of aromatic nitrogens is 2. The highest BCUT2D eigenvalue weighted by atomic mass is 16.5. The molecular formula is C26H28N4O2. The molecule has 1 fully saturated rings. The minimum absolute atomic E-state index is 0.0649. The largest absolute Gasteiger partial charge is 0.493 e. The average molecular weight is 429 g/mol. The van der Waals surface area contributed by atoms with Gasteiger partial charge >= 0.3 is 0 Å². The van der Waals surface area contributed by atoms with Crippen LogP contribution in [-0.2, 0) is 24.3 Å². The molecule has 0 spiro atoms. The molecule has 2 aromatic carbocycles. The molecule has 6 heteroatoms. The van der Waals surface area contributed by atoms with Gasteiger partial charge in [0.2, 0.25) is 5.91 Å². The number of piperazine rings is 1. The number of nitrogens with zero attached hydrogens (tertiary/aromatic N) is 4. The molecule has 0 bridgehead atoms. The number of benzene rings is 2. The summed E-state index contributed by atoms with van der Waals surface area (Å²) < 4.78 is 7.49. The standard InChI is InChI=1S/C26H28N4O2/c31-26(9-7-23-17-27-30(20-23)19-21-4-2-1-3-5-21)29-13-11-28(12-14-29)18-22-6-8-25-24(16-22)10-15-32-25/h1-9,16-17,20H,10-15,18-19H2. The van der Waals surface area contributed by atoms with E-state index in [1.807, 2.05) is 40.1 Å². The Labute approximate surface area is 188 Å². The van der Waals surface area contributed by atoms with Crippen molar-refractivity contribution in [3.8, 4) is 5.75 Å². The fourth-order valence-corrected chi connectivity index (χ4v) is 4.32. The van der Waals surface area contributed by atoms with E-state index >= 15 is 0 Å². The van der Waals surface area contributed by atoms with Gasteiger partial charge in [-0.2, -0.15) is 5.10 Å². The van der Waals surface area contributed by atoms with Crippen molar-refractivity contribution in [2.24, 2.45) is 0 Å². The predicted octanol–water partition coefficient (Wildman–Crippen LogP) is 3.22. The molecule has 0 saturated carbocycles. The van der Waals surface area contributed by atoms with Crippen LogP contribution in [0.1, 0.15) is 22.3 Å². The Morgan fingerprint density at radius 3 is 2.69 bits per heavy atom. The lowest BCUT2D eigenvalue weighted by Gasteiger charge is -2.34. The zero-order chi connectivity index (χ0) is 21.8. The summed E-state index contributed by atoms with van der Waals surface area (Å²) in [6, 6.07) is 16.7. The first-order chi connectivity index (χ1) is 15.7. The molecule has 1 aromatic heterocycles. The highest BCUT2D eigenvalue weighted by Gasteiger charge is 2.20. The molecule has 0 N–H and O–H groups in total. The lowest BCUT2D eigenvalue weighted by atomic mass is 10.1. The van der Waals surface area contributed by atoms with Gasteiger partial charge in [-0.05, 0) is 28.8 Å². The van der Waals surface area contributed by atoms with Crippen LogP contribution in [-0.4, -0.2) is 58.3 Å². The van der Waals surface area contributed by atoms with Gasteiger partial charge in [0.15, 0.2) is 0 Å². The monoisotopic (exact) mass is 428 g/mol. The van der Waals surface area contributed by atoms with Crippen molar-refractivity contribution in [3.05, 3.63) is 89.3 Å². The van der Waals surface area contributed by atoms with Crippen molar-refractivity contribution in [3.63, 3.8) is 0 Å². The average Bonchev–Trinajstić information content (AvgIpc) is 3.48. The maximum atomic E-state index is 12.6. The van der Waals surface area contributed by atoms with Crippen molar-refractivity contribution in [2.75, 3.05) is 32.8 Å². The number of carbonyl (C=O) groups is 1. The van der Waals surface area contributed by atoms with Gasteiger partial charge in [-0.3, -0.25) is 14.4 Å². The quantitative estimate of drug-likeness (QED) is 0.566. The first-order valence-electron chi connectivity index (χ1n) is 11.2. The van der Waals surface area contributed by atoms with Gasteiger partial charge in [0.25, 0.3) is 0 Å². The second kappa shape index (κ2) is 9.40. The van der Waals surface area contributed by atoms with E-state index in [0.29, 0.717) is 0 Å². The van der Waals surface area contributed by atoms with Gasteiger partial charge < -0.3 is 9.64 Å². The Balaban J connectivity index is 1.10. The van der Waals surface area contributed by atoms with Crippen molar-refractivity contribution >= 4 is 12.0 Å². The van der Waals surface area contributed by atoms with Crippen molar-refractivity contribution in [1.29, 1.82) is 0 Å². The third-order valence-corrected chi connectivity index (χ3v) is 6.10. The first-order valence-corrected chi connectivity index (χ1v) is 11.2. The molecule has 164 valence electrons. The van der Waals surface area contributed by atoms with E-state index in [1.165, 1.54) is 16.7 Å². The molecule has 5 rings (SSSR count). The van der Waals surface area contributed by atoms with Crippen molar-refractivity contribution < 1.29 is 9.53 Å². The second-order valence-electron chi connectivity index (χ2n) is 8.43. The third-order valence-electron chi connectivity index (χ3n) is 6.10. The fourth-order valence-electron chi connectivity index (χ4n) is 4.32. The second-order valence-corrected chi connectivity index (χ2v) is 8.43. The van der Waals surface area contributed by atoms with E-state index in [9.17, 15) is 4.79 Å². The SMILES string of the molecule is O=C(C=Cc1cnn(Cc2ccccc2)c1)N1CCN(Cc2ccc3c(c2)CCO3)CC1. The summed E-state index contributed by atoms with van der Waals surface area (Å²) in [7, 11) is 0. The van der Waals surface area contributed by atoms with Crippen molar-refractivity contribution in [1.82, 2.24) is 19.6 Å². The maximum Gasteiger partial charge on any atom is 0.246 e. The summed E-state index contributed by atoms with van der Waals surface area (Å²) >= 11 is 0. The summed E-state index contributed by atoms with van der Waals surface area (Å²) in [6.07, 6.45) is 8.29. The van der Waals surface area contributed by atoms with Crippen LogP contribution >= 0.6 is 0 Å². The minimum atomic E-state index is 0.0649. The minimum Gasteiger partial charge on any atom is -0.493 e. The molecule has 0 aliphatic carbocycles. The van der Waals surface area contributed by atoms with Crippen LogP contribution in [0.15, 0.2) is 67.0 Å². The number of fused-ring (bicyclic) bond motifs is 1. The maximum absolute atomic E-state index is 12.6. The van der Waals surface area contributed by atoms with E-state index in [4.69, 9.17) is 4.74 Å². The summed E-state index contributed by atoms with van der Waals surface area (Å²) in [6.45, 7) is 5.73. The van der Waals surface area contributed by atoms with Gasteiger partial charge in [0.05, 0.1) is 19.3 Å². The zero-order valence-electron chi connectivity index (χ0n) is 18.2. The van der Waals surface area contributed by atoms with Gasteiger partial charge in [-0.25, -0.2) is 0 Å². The Morgan fingerprint density at radius 2 is 1.84 bits per heavy atom. The van der Waals surface area contributed by atoms with Crippen LogP contribution in [0.4, 0.5) is 0 Å². The number of hydrogen-bond acceptors (Lipinski definition) is 4. The van der Waals surface area contributed by atoms with Gasteiger partial charge in [0, 0.05) is 57.0 Å². The van der Waals surface area contributed by atoms with Crippen LogP contribution in [0.5, 0.6) is 5.75 Å². The molecule has 1 amide bonds. The van der Waals surface area contributed by atoms with E-state index in [-0.39, 0.29) is 5.91 Å². The molecule has 3 heterocycles. The lowest BCUT2D eigenvalue weighted by molar-refractivity contribution is -0.127. The summed E-state index contributed by atoms with van der Waals surface area (Å²) in [5.41, 5.74) is 4.77. The Morgan fingerprint density at radius 1 is 1.00 bits per heavy atom. The molecule has 32 heavy (non-hydrogen) atoms. The van der Waals surface area contributed by atoms with Crippen LogP contribution in [0.25, 0.3) is 6.08 Å². The molecule has 3 aromatic rings. The van der Waals surface area contributed by atoms with Gasteiger partial charge in [-0.1, -0.05) is 42.5 Å². The van der Waals surface area contributed by atoms with E-state index in [2.05, 4.69) is 40.3 Å². The number of hydrogen-bond donors (Lipinski definition) is 0. The highest BCUT2D eigenvalue weighted by Crippen LogP contribution is 2.26. The number of ether oxygens (including phenoxy) is 1. The zero-order valence-corrected chi connectivity index (χ0v) is 18.2. The van der Waals surface area contributed by atoms with E-state index in [0.717, 1.165) is 63.6 Å². The Hall–Kier alpha value is -3.38. The molecular weight excluding hydrogens is 400 g/mol. The van der Waals surface area contributed by atoms with Crippen LogP contribution in [0.2, 0.25) is 0 Å². The smallest absolute Gasteiger partial charge is 0.246 e. The van der Waals surface area contributed by atoms with Crippen LogP contribution in [0, 0.1) is 0 Å². The molecule has 0 unspecified atom stereocenters. The third kappa shape index (κ3) is 4.92. The fraction of sp³-hybridized carbons (Fsp3) is 0.308. The van der Waals surface area contributed by atoms with E-state index in [1.54, 1.807) is 12.3 Å². The highest BCUT2D eigenvalue weighted by molar-refractivity contribution is 5.91. The Kier molecular flexibility index (Phi) is 6.03. The molecule has 2 aliphatic rings. The topological polar surface area (TPSA) is 50.6 Å². The summed E-state index contributed by atoms with van der Waals surface area (Å²) in [4.78, 5) is 17.0. The number of carbonyl (C=O) groups excluding carboxylic acids is 1. The van der Waals surface area contributed by atoms with Crippen LogP contribution < -0.4 is 4.74 Å². The predicted molar refractivity (Wildman–Crippen MR) is 124 cm³/mol. The van der Waals surface area contributed by atoms with Gasteiger partial charge in [0.1, 0.15) is 5.75 Å². The molecule has 6 nitrogen and oxygen atoms in total. The number of amides is 1. The van der Waals surface area contributed by atoms with Crippen LogP contribution in [0.3, 0.4) is 0 Å². The molecule has 1 saturated heterocycles. The van der Waals surface area contributed by atoms with E-state index < -0.39 is 0 Å². The lowest BCUT2D eigenvalue weighted by Crippen LogP contribution is -2.47. The van der Waals surface area contributed by atoms with Gasteiger partial charge in [-0.15, -0.1) is 0 Å². The molecule has 2 aliphatic heterocycles. The van der Waals surface area contributed by atoms with Crippen molar-refractivity contribution in [2.45, 2.75) is 19.5 Å². The first kappa shape index (κ1) is 20.5. The molecule has 0 radical (unpaired) electrons. The number of rotatable bonds is 6.